The lowest BCUT2D eigenvalue weighted by Crippen LogP contribution is -2.37. The van der Waals surface area contributed by atoms with Gasteiger partial charge in [0.2, 0.25) is 0 Å². The zero-order valence-corrected chi connectivity index (χ0v) is 12.2. The van der Waals surface area contributed by atoms with E-state index in [1.165, 1.54) is 0 Å². The van der Waals surface area contributed by atoms with Gasteiger partial charge in [-0.2, -0.15) is 8.78 Å². The average Bonchev–Trinajstić information content (AvgIpc) is 2.41. The molecule has 1 saturated heterocycles. The fourth-order valence-electron chi connectivity index (χ4n) is 2.35. The van der Waals surface area contributed by atoms with Crippen molar-refractivity contribution in [3.05, 3.63) is 29.8 Å². The predicted octanol–water partition coefficient (Wildman–Crippen LogP) is 2.85. The largest absolute Gasteiger partial charge is 0.435 e. The SMILES string of the molecule is CC(NC1CCS(=O)CC1)c1ccc(OC(F)F)cc1. The maximum atomic E-state index is 12.1. The van der Waals surface area contributed by atoms with Crippen molar-refractivity contribution in [1.29, 1.82) is 0 Å². The van der Waals surface area contributed by atoms with Crippen molar-refractivity contribution >= 4 is 10.8 Å². The van der Waals surface area contributed by atoms with E-state index in [4.69, 9.17) is 0 Å². The monoisotopic (exact) mass is 303 g/mol. The van der Waals surface area contributed by atoms with Crippen LogP contribution in [0.15, 0.2) is 24.3 Å². The van der Waals surface area contributed by atoms with Crippen LogP contribution in [0.4, 0.5) is 8.78 Å². The van der Waals surface area contributed by atoms with Crippen LogP contribution in [0.1, 0.15) is 31.4 Å². The van der Waals surface area contributed by atoms with Crippen molar-refractivity contribution in [3.63, 3.8) is 0 Å². The molecule has 112 valence electrons. The number of ether oxygens (including phenoxy) is 1. The minimum Gasteiger partial charge on any atom is -0.435 e. The molecule has 1 unspecified atom stereocenters. The van der Waals surface area contributed by atoms with Crippen LogP contribution in [0.25, 0.3) is 0 Å². The molecule has 0 saturated carbocycles. The van der Waals surface area contributed by atoms with Crippen molar-refractivity contribution in [2.75, 3.05) is 11.5 Å². The van der Waals surface area contributed by atoms with Crippen LogP contribution in [0.5, 0.6) is 5.75 Å². The minimum absolute atomic E-state index is 0.132. The Hall–Kier alpha value is -1.01. The lowest BCUT2D eigenvalue weighted by Gasteiger charge is -2.26. The molecule has 1 aromatic carbocycles. The van der Waals surface area contributed by atoms with Gasteiger partial charge in [-0.1, -0.05) is 12.1 Å². The molecule has 1 aromatic rings. The van der Waals surface area contributed by atoms with Crippen molar-refractivity contribution in [3.8, 4) is 5.75 Å². The molecule has 0 spiro atoms. The molecule has 1 heterocycles. The molecular weight excluding hydrogens is 284 g/mol. The van der Waals surface area contributed by atoms with Gasteiger partial charge in [-0.25, -0.2) is 0 Å². The third kappa shape index (κ3) is 4.52. The fourth-order valence-corrected chi connectivity index (χ4v) is 3.65. The van der Waals surface area contributed by atoms with Crippen LogP contribution in [-0.4, -0.2) is 28.4 Å². The number of rotatable bonds is 5. The van der Waals surface area contributed by atoms with E-state index < -0.39 is 17.4 Å². The zero-order chi connectivity index (χ0) is 14.5. The van der Waals surface area contributed by atoms with Gasteiger partial charge < -0.3 is 10.1 Å². The second kappa shape index (κ2) is 7.13. The van der Waals surface area contributed by atoms with Crippen LogP contribution in [0.3, 0.4) is 0 Å². The zero-order valence-electron chi connectivity index (χ0n) is 11.4. The van der Waals surface area contributed by atoms with Crippen LogP contribution < -0.4 is 10.1 Å². The summed E-state index contributed by atoms with van der Waals surface area (Å²) in [4.78, 5) is 0. The summed E-state index contributed by atoms with van der Waals surface area (Å²) < 4.78 is 39.7. The van der Waals surface area contributed by atoms with E-state index in [2.05, 4.69) is 10.1 Å². The van der Waals surface area contributed by atoms with Gasteiger partial charge in [0.25, 0.3) is 0 Å². The molecule has 0 bridgehead atoms. The molecular formula is C14H19F2NO2S. The van der Waals surface area contributed by atoms with Crippen LogP contribution in [0, 0.1) is 0 Å². The molecule has 1 aliphatic heterocycles. The Morgan fingerprint density at radius 1 is 1.25 bits per heavy atom. The molecule has 1 aliphatic rings. The molecule has 0 aliphatic carbocycles. The van der Waals surface area contributed by atoms with Crippen LogP contribution in [-0.2, 0) is 10.8 Å². The number of hydrogen-bond acceptors (Lipinski definition) is 3. The summed E-state index contributed by atoms with van der Waals surface area (Å²) in [5, 5.41) is 3.49. The summed E-state index contributed by atoms with van der Waals surface area (Å²) in [7, 11) is -0.657. The Labute approximate surface area is 120 Å². The molecule has 2 rings (SSSR count). The van der Waals surface area contributed by atoms with E-state index in [1.54, 1.807) is 24.3 Å². The third-order valence-electron chi connectivity index (χ3n) is 3.48. The van der Waals surface area contributed by atoms with Gasteiger partial charge in [0.15, 0.2) is 0 Å². The number of alkyl halides is 2. The normalized spacial score (nSPS) is 24.6. The number of benzene rings is 1. The van der Waals surface area contributed by atoms with Crippen LogP contribution in [0.2, 0.25) is 0 Å². The average molecular weight is 303 g/mol. The van der Waals surface area contributed by atoms with Gasteiger partial charge in [0.1, 0.15) is 5.75 Å². The highest BCUT2D eigenvalue weighted by atomic mass is 32.2. The summed E-state index contributed by atoms with van der Waals surface area (Å²) >= 11 is 0. The fraction of sp³-hybridized carbons (Fsp3) is 0.571. The van der Waals surface area contributed by atoms with E-state index in [9.17, 15) is 13.0 Å². The first-order valence-electron chi connectivity index (χ1n) is 6.70. The smallest absolute Gasteiger partial charge is 0.387 e. The molecule has 1 atom stereocenters. The first kappa shape index (κ1) is 15.4. The van der Waals surface area contributed by atoms with Crippen molar-refractivity contribution < 1.29 is 17.7 Å². The maximum absolute atomic E-state index is 12.1. The van der Waals surface area contributed by atoms with Gasteiger partial charge in [-0.05, 0) is 37.5 Å². The molecule has 0 radical (unpaired) electrons. The molecule has 1 fully saturated rings. The standard InChI is InChI=1S/C14H19F2NO2S/c1-10(17-12-6-8-20(18)9-7-12)11-2-4-13(5-3-11)19-14(15)16/h2-5,10,12,14,17H,6-9H2,1H3. The highest BCUT2D eigenvalue weighted by Crippen LogP contribution is 2.21. The molecule has 0 aromatic heterocycles. The lowest BCUT2D eigenvalue weighted by atomic mass is 10.1. The van der Waals surface area contributed by atoms with E-state index in [0.29, 0.717) is 6.04 Å². The summed E-state index contributed by atoms with van der Waals surface area (Å²) in [6.07, 6.45) is 1.84. The highest BCUT2D eigenvalue weighted by molar-refractivity contribution is 7.85. The number of nitrogens with one attached hydrogen (secondary N) is 1. The lowest BCUT2D eigenvalue weighted by molar-refractivity contribution is -0.0498. The second-order valence-corrected chi connectivity index (χ2v) is 6.65. The summed E-state index contributed by atoms with van der Waals surface area (Å²) in [6.45, 7) is -0.756. The molecule has 3 nitrogen and oxygen atoms in total. The molecule has 1 N–H and O–H groups in total. The van der Waals surface area contributed by atoms with Gasteiger partial charge >= 0.3 is 6.61 Å². The van der Waals surface area contributed by atoms with E-state index in [-0.39, 0.29) is 11.8 Å². The highest BCUT2D eigenvalue weighted by Gasteiger charge is 2.19. The molecule has 6 heteroatoms. The quantitative estimate of drug-likeness (QED) is 0.909. The van der Waals surface area contributed by atoms with Gasteiger partial charge in [-0.15, -0.1) is 0 Å². The Bertz CT molecular complexity index is 443. The van der Waals surface area contributed by atoms with Crippen molar-refractivity contribution in [2.45, 2.75) is 38.5 Å². The number of halogens is 2. The first-order chi connectivity index (χ1) is 9.54. The van der Waals surface area contributed by atoms with E-state index in [1.807, 2.05) is 6.92 Å². The Morgan fingerprint density at radius 3 is 2.40 bits per heavy atom. The Balaban J connectivity index is 1.88. The van der Waals surface area contributed by atoms with Gasteiger partial charge in [0.05, 0.1) is 0 Å². The summed E-state index contributed by atoms with van der Waals surface area (Å²) in [6, 6.07) is 7.18. The summed E-state index contributed by atoms with van der Waals surface area (Å²) in [5.41, 5.74) is 1.03. The third-order valence-corrected chi connectivity index (χ3v) is 4.86. The van der Waals surface area contributed by atoms with Crippen molar-refractivity contribution in [1.82, 2.24) is 5.32 Å². The Kier molecular flexibility index (Phi) is 5.48. The van der Waals surface area contributed by atoms with Gasteiger partial charge in [-0.3, -0.25) is 4.21 Å². The van der Waals surface area contributed by atoms with Crippen LogP contribution >= 0.6 is 0 Å². The van der Waals surface area contributed by atoms with Gasteiger partial charge in [0, 0.05) is 34.4 Å². The first-order valence-corrected chi connectivity index (χ1v) is 8.19. The summed E-state index contributed by atoms with van der Waals surface area (Å²) in [5.74, 6) is 1.68. The topological polar surface area (TPSA) is 38.3 Å². The second-order valence-electron chi connectivity index (χ2n) is 4.96. The molecule has 0 amide bonds. The molecule has 20 heavy (non-hydrogen) atoms. The Morgan fingerprint density at radius 2 is 1.85 bits per heavy atom. The minimum atomic E-state index is -2.79. The van der Waals surface area contributed by atoms with Crippen molar-refractivity contribution in [2.24, 2.45) is 0 Å². The number of hydrogen-bond donors (Lipinski definition) is 1. The van der Waals surface area contributed by atoms with E-state index >= 15 is 0 Å². The maximum Gasteiger partial charge on any atom is 0.387 e. The van der Waals surface area contributed by atoms with E-state index in [0.717, 1.165) is 29.9 Å². The predicted molar refractivity (Wildman–Crippen MR) is 75.5 cm³/mol.